The molecule has 35 heavy (non-hydrogen) atoms. The maximum Gasteiger partial charge on any atom is 0.291 e. The molecule has 1 amide bonds. The summed E-state index contributed by atoms with van der Waals surface area (Å²) in [6.07, 6.45) is 2.82. The van der Waals surface area contributed by atoms with Crippen LogP contribution in [-0.2, 0) is 13.2 Å². The molecule has 1 N–H and O–H groups in total. The molecule has 0 aliphatic rings. The molecule has 0 bridgehead atoms. The average molecular weight is 516 g/mol. The maximum absolute atomic E-state index is 13.7. The number of benzene rings is 2. The predicted octanol–water partition coefficient (Wildman–Crippen LogP) is 5.84. The van der Waals surface area contributed by atoms with Gasteiger partial charge in [0.2, 0.25) is 29.1 Å². The van der Waals surface area contributed by atoms with Crippen molar-refractivity contribution in [2.75, 3.05) is 5.32 Å². The molecular weight excluding hydrogens is 504 g/mol. The van der Waals surface area contributed by atoms with E-state index >= 15 is 0 Å². The minimum atomic E-state index is -2.31. The zero-order valence-corrected chi connectivity index (χ0v) is 18.0. The third kappa shape index (κ3) is 5.11. The van der Waals surface area contributed by atoms with Gasteiger partial charge in [-0.05, 0) is 29.8 Å². The number of amides is 1. The lowest BCUT2D eigenvalue weighted by atomic mass is 10.2. The monoisotopic (exact) mass is 515 g/mol. The minimum absolute atomic E-state index is 0.124. The molecule has 2 aromatic carbocycles. The van der Waals surface area contributed by atoms with Gasteiger partial charge >= 0.3 is 0 Å². The summed E-state index contributed by atoms with van der Waals surface area (Å²) in [6, 6.07) is 6.34. The molecule has 6 nitrogen and oxygen atoms in total. The normalized spacial score (nSPS) is 11.1. The molecule has 13 heteroatoms. The Balaban J connectivity index is 1.39. The highest BCUT2D eigenvalue weighted by Gasteiger charge is 2.27. The average Bonchev–Trinajstić information content (AvgIpc) is 3.48. The standard InChI is InChI=1S/C22H12ClF6N3O3/c23-14-5-11(24)2-1-10(14)7-32-8-12(6-30-32)31-22(33)15-4-3-13(35-15)9-34-21-19(28)17(26)16(25)18(27)20(21)29/h1-6,8H,7,9H2,(H,31,33). The van der Waals surface area contributed by atoms with E-state index in [2.05, 4.69) is 15.2 Å². The number of rotatable bonds is 7. The van der Waals surface area contributed by atoms with Crippen LogP contribution < -0.4 is 10.1 Å². The molecule has 4 aromatic rings. The molecule has 0 spiro atoms. The van der Waals surface area contributed by atoms with Gasteiger partial charge in [-0.1, -0.05) is 17.7 Å². The first kappa shape index (κ1) is 24.2. The van der Waals surface area contributed by atoms with E-state index in [0.29, 0.717) is 5.56 Å². The number of halogens is 7. The van der Waals surface area contributed by atoms with Crippen LogP contribution >= 0.6 is 11.6 Å². The molecular formula is C22H12ClF6N3O3. The van der Waals surface area contributed by atoms with Gasteiger partial charge in [0, 0.05) is 11.2 Å². The first-order chi connectivity index (χ1) is 16.6. The summed E-state index contributed by atoms with van der Waals surface area (Å²) < 4.78 is 91.5. The molecule has 0 aliphatic carbocycles. The number of nitrogens with zero attached hydrogens (tertiary/aromatic N) is 2. The third-order valence-corrected chi connectivity index (χ3v) is 5.00. The SMILES string of the molecule is O=C(Nc1cnn(Cc2ccc(F)cc2Cl)c1)c1ccc(COc2c(F)c(F)c(F)c(F)c2F)o1. The van der Waals surface area contributed by atoms with Gasteiger partial charge < -0.3 is 14.5 Å². The largest absolute Gasteiger partial charge is 0.479 e. The molecule has 0 radical (unpaired) electrons. The summed E-state index contributed by atoms with van der Waals surface area (Å²) in [5.74, 6) is -13.9. The Morgan fingerprint density at radius 1 is 1.00 bits per heavy atom. The van der Waals surface area contributed by atoms with E-state index in [-0.39, 0.29) is 28.8 Å². The number of carbonyl (C=O) groups is 1. The zero-order chi connectivity index (χ0) is 25.3. The van der Waals surface area contributed by atoms with Gasteiger partial charge in [-0.25, -0.2) is 17.6 Å². The number of aromatic nitrogens is 2. The summed E-state index contributed by atoms with van der Waals surface area (Å²) in [5.41, 5.74) is 0.877. The van der Waals surface area contributed by atoms with E-state index < -0.39 is 53.2 Å². The summed E-state index contributed by atoms with van der Waals surface area (Å²) >= 11 is 5.99. The number of furan rings is 1. The van der Waals surface area contributed by atoms with Crippen molar-refractivity contribution in [3.63, 3.8) is 0 Å². The van der Waals surface area contributed by atoms with Crippen LogP contribution in [-0.4, -0.2) is 15.7 Å². The first-order valence-electron chi connectivity index (χ1n) is 9.64. The van der Waals surface area contributed by atoms with Crippen molar-refractivity contribution in [2.45, 2.75) is 13.2 Å². The van der Waals surface area contributed by atoms with Crippen LogP contribution in [0.25, 0.3) is 0 Å². The highest BCUT2D eigenvalue weighted by Crippen LogP contribution is 2.30. The lowest BCUT2D eigenvalue weighted by molar-refractivity contribution is 0.0992. The van der Waals surface area contributed by atoms with Crippen LogP contribution in [0.2, 0.25) is 5.02 Å². The molecule has 0 aliphatic heterocycles. The van der Waals surface area contributed by atoms with E-state index in [9.17, 15) is 31.1 Å². The second-order valence-electron chi connectivity index (χ2n) is 7.07. The smallest absolute Gasteiger partial charge is 0.291 e. The number of hydrogen-bond donors (Lipinski definition) is 1. The van der Waals surface area contributed by atoms with Crippen molar-refractivity contribution in [1.29, 1.82) is 0 Å². The lowest BCUT2D eigenvalue weighted by Gasteiger charge is -2.09. The number of ether oxygens (including phenoxy) is 1. The number of anilines is 1. The Morgan fingerprint density at radius 3 is 2.37 bits per heavy atom. The Morgan fingerprint density at radius 2 is 1.69 bits per heavy atom. The van der Waals surface area contributed by atoms with E-state index in [1.54, 1.807) is 0 Å². The van der Waals surface area contributed by atoms with E-state index in [1.165, 1.54) is 41.3 Å². The molecule has 0 atom stereocenters. The van der Waals surface area contributed by atoms with Crippen LogP contribution in [0.4, 0.5) is 32.0 Å². The highest BCUT2D eigenvalue weighted by molar-refractivity contribution is 6.31. The lowest BCUT2D eigenvalue weighted by Crippen LogP contribution is -2.10. The quantitative estimate of drug-likeness (QED) is 0.191. The summed E-state index contributed by atoms with van der Waals surface area (Å²) in [7, 11) is 0. The second kappa shape index (κ2) is 9.74. The second-order valence-corrected chi connectivity index (χ2v) is 7.48. The maximum atomic E-state index is 13.7. The van der Waals surface area contributed by atoms with Crippen molar-refractivity contribution in [1.82, 2.24) is 9.78 Å². The topological polar surface area (TPSA) is 69.3 Å². The highest BCUT2D eigenvalue weighted by atomic mass is 35.5. The molecule has 0 fully saturated rings. The predicted molar refractivity (Wildman–Crippen MR) is 110 cm³/mol. The van der Waals surface area contributed by atoms with Crippen molar-refractivity contribution >= 4 is 23.2 Å². The van der Waals surface area contributed by atoms with E-state index in [0.717, 1.165) is 6.07 Å². The molecule has 0 saturated carbocycles. The number of carbonyl (C=O) groups excluding carboxylic acids is 1. The molecule has 0 unspecified atom stereocenters. The van der Waals surface area contributed by atoms with Gasteiger partial charge in [-0.15, -0.1) is 0 Å². The van der Waals surface area contributed by atoms with Crippen LogP contribution in [0.5, 0.6) is 5.75 Å². The van der Waals surface area contributed by atoms with Crippen molar-refractivity contribution in [2.24, 2.45) is 0 Å². The molecule has 4 rings (SSSR count). The zero-order valence-electron chi connectivity index (χ0n) is 17.2. The van der Waals surface area contributed by atoms with Gasteiger partial charge in [0.1, 0.15) is 18.2 Å². The Labute approximate surface area is 197 Å². The van der Waals surface area contributed by atoms with Crippen LogP contribution in [0.15, 0.2) is 47.1 Å². The van der Waals surface area contributed by atoms with Crippen LogP contribution in [0.3, 0.4) is 0 Å². The Kier molecular flexibility index (Phi) is 6.74. The van der Waals surface area contributed by atoms with Gasteiger partial charge in [-0.3, -0.25) is 9.48 Å². The Bertz CT molecular complexity index is 1390. The molecule has 182 valence electrons. The molecule has 0 saturated heterocycles. The summed E-state index contributed by atoms with van der Waals surface area (Å²) in [4.78, 5) is 12.4. The first-order valence-corrected chi connectivity index (χ1v) is 10.0. The minimum Gasteiger partial charge on any atom is -0.479 e. The third-order valence-electron chi connectivity index (χ3n) is 4.65. The summed E-state index contributed by atoms with van der Waals surface area (Å²) in [5, 5.41) is 6.78. The van der Waals surface area contributed by atoms with Crippen LogP contribution in [0, 0.1) is 34.9 Å². The number of hydrogen-bond acceptors (Lipinski definition) is 4. The van der Waals surface area contributed by atoms with E-state index in [4.69, 9.17) is 16.0 Å². The van der Waals surface area contributed by atoms with Crippen LogP contribution in [0.1, 0.15) is 21.9 Å². The van der Waals surface area contributed by atoms with Gasteiger partial charge in [0.15, 0.2) is 11.5 Å². The van der Waals surface area contributed by atoms with Gasteiger partial charge in [0.25, 0.3) is 5.91 Å². The fourth-order valence-corrected chi connectivity index (χ4v) is 3.19. The summed E-state index contributed by atoms with van der Waals surface area (Å²) in [6.45, 7) is -0.517. The molecule has 2 heterocycles. The van der Waals surface area contributed by atoms with E-state index in [1.807, 2.05) is 0 Å². The van der Waals surface area contributed by atoms with Crippen molar-refractivity contribution in [3.8, 4) is 5.75 Å². The fourth-order valence-electron chi connectivity index (χ4n) is 2.96. The molecule has 2 aromatic heterocycles. The van der Waals surface area contributed by atoms with Crippen molar-refractivity contribution in [3.05, 3.63) is 99.7 Å². The fraction of sp³-hybridized carbons (Fsp3) is 0.0909. The van der Waals surface area contributed by atoms with Gasteiger partial charge in [-0.2, -0.15) is 13.9 Å². The van der Waals surface area contributed by atoms with Crippen molar-refractivity contribution < 1.29 is 40.3 Å². The number of nitrogens with one attached hydrogen (secondary N) is 1. The Hall–Kier alpha value is -3.93. The van der Waals surface area contributed by atoms with Gasteiger partial charge in [0.05, 0.1) is 18.4 Å².